The lowest BCUT2D eigenvalue weighted by atomic mass is 10.2. The Morgan fingerprint density at radius 3 is 2.06 bits per heavy atom. The summed E-state index contributed by atoms with van der Waals surface area (Å²) in [5, 5.41) is 5.42. The summed E-state index contributed by atoms with van der Waals surface area (Å²) in [5.74, 6) is 0. The molecule has 0 fully saturated rings. The van der Waals surface area contributed by atoms with Gasteiger partial charge in [-0.05, 0) is 17.7 Å². The molecule has 0 saturated carbocycles. The first-order valence-electron chi connectivity index (χ1n) is 5.29. The fourth-order valence-corrected chi connectivity index (χ4v) is 1.40. The van der Waals surface area contributed by atoms with Crippen molar-refractivity contribution in [1.29, 1.82) is 0 Å². The standard InChI is InChI=1S/C14H12N2O/c17-12-16(14-9-5-2-6-10-14)15-11-13-7-3-1-4-8-13/h1-12H. The molecule has 2 rings (SSSR count). The Morgan fingerprint density at radius 2 is 1.47 bits per heavy atom. The van der Waals surface area contributed by atoms with E-state index in [1.807, 2.05) is 60.7 Å². The van der Waals surface area contributed by atoms with Crippen molar-refractivity contribution in [2.75, 3.05) is 5.01 Å². The quantitative estimate of drug-likeness (QED) is 0.446. The topological polar surface area (TPSA) is 32.7 Å². The highest BCUT2D eigenvalue weighted by Gasteiger charge is 2.00. The lowest BCUT2D eigenvalue weighted by Crippen LogP contribution is -2.13. The third-order valence-electron chi connectivity index (χ3n) is 2.25. The molecule has 0 unspecified atom stereocenters. The van der Waals surface area contributed by atoms with Gasteiger partial charge in [-0.15, -0.1) is 0 Å². The zero-order valence-electron chi connectivity index (χ0n) is 9.23. The Labute approximate surface area is 100 Å². The number of hydrogen-bond acceptors (Lipinski definition) is 2. The van der Waals surface area contributed by atoms with Gasteiger partial charge in [-0.3, -0.25) is 4.79 Å². The van der Waals surface area contributed by atoms with Crippen LogP contribution in [-0.4, -0.2) is 12.6 Å². The second-order valence-corrected chi connectivity index (χ2v) is 3.44. The number of amides is 1. The van der Waals surface area contributed by atoms with E-state index in [1.54, 1.807) is 6.21 Å². The molecule has 17 heavy (non-hydrogen) atoms. The van der Waals surface area contributed by atoms with Crippen LogP contribution in [0.5, 0.6) is 0 Å². The Hall–Kier alpha value is -2.42. The van der Waals surface area contributed by atoms with E-state index < -0.39 is 0 Å². The van der Waals surface area contributed by atoms with Crippen LogP contribution in [-0.2, 0) is 4.79 Å². The zero-order valence-corrected chi connectivity index (χ0v) is 9.23. The summed E-state index contributed by atoms with van der Waals surface area (Å²) < 4.78 is 0. The number of benzene rings is 2. The van der Waals surface area contributed by atoms with Crippen molar-refractivity contribution in [3.05, 3.63) is 66.2 Å². The first-order valence-corrected chi connectivity index (χ1v) is 5.29. The summed E-state index contributed by atoms with van der Waals surface area (Å²) in [7, 11) is 0. The van der Waals surface area contributed by atoms with E-state index in [0.29, 0.717) is 6.41 Å². The van der Waals surface area contributed by atoms with Gasteiger partial charge in [-0.1, -0.05) is 48.5 Å². The molecule has 0 heterocycles. The largest absolute Gasteiger partial charge is 0.276 e. The van der Waals surface area contributed by atoms with E-state index in [0.717, 1.165) is 11.3 Å². The number of nitrogens with zero attached hydrogens (tertiary/aromatic N) is 2. The second kappa shape index (κ2) is 5.61. The van der Waals surface area contributed by atoms with Gasteiger partial charge in [-0.25, -0.2) is 5.01 Å². The number of carbonyl (C=O) groups is 1. The summed E-state index contributed by atoms with van der Waals surface area (Å²) in [5.41, 5.74) is 1.70. The smallest absolute Gasteiger partial charge is 0.234 e. The minimum atomic E-state index is 0.689. The molecule has 0 aliphatic rings. The van der Waals surface area contributed by atoms with Crippen molar-refractivity contribution in [1.82, 2.24) is 0 Å². The van der Waals surface area contributed by atoms with Gasteiger partial charge in [0.15, 0.2) is 0 Å². The number of para-hydroxylation sites is 1. The Bertz CT molecular complexity index is 494. The minimum Gasteiger partial charge on any atom is -0.276 e. The van der Waals surface area contributed by atoms with Crippen LogP contribution in [0.2, 0.25) is 0 Å². The summed E-state index contributed by atoms with van der Waals surface area (Å²) in [6, 6.07) is 18.9. The van der Waals surface area contributed by atoms with Crippen LogP contribution >= 0.6 is 0 Å². The van der Waals surface area contributed by atoms with Crippen molar-refractivity contribution in [2.45, 2.75) is 0 Å². The third kappa shape index (κ3) is 3.01. The van der Waals surface area contributed by atoms with Crippen LogP contribution in [0.4, 0.5) is 5.69 Å². The van der Waals surface area contributed by atoms with Gasteiger partial charge in [0.1, 0.15) is 0 Å². The highest BCUT2D eigenvalue weighted by molar-refractivity contribution is 5.84. The monoisotopic (exact) mass is 224 g/mol. The van der Waals surface area contributed by atoms with Gasteiger partial charge >= 0.3 is 0 Å². The van der Waals surface area contributed by atoms with E-state index in [1.165, 1.54) is 5.01 Å². The summed E-state index contributed by atoms with van der Waals surface area (Å²) in [4.78, 5) is 10.9. The maximum atomic E-state index is 10.9. The molecule has 84 valence electrons. The van der Waals surface area contributed by atoms with Crippen LogP contribution in [0.3, 0.4) is 0 Å². The van der Waals surface area contributed by atoms with E-state index in [-0.39, 0.29) is 0 Å². The fraction of sp³-hybridized carbons (Fsp3) is 0. The first kappa shape index (κ1) is 11.1. The number of rotatable bonds is 4. The SMILES string of the molecule is O=CN(N=Cc1ccccc1)c1ccccc1. The van der Waals surface area contributed by atoms with Crippen LogP contribution in [0.25, 0.3) is 0 Å². The molecule has 0 radical (unpaired) electrons. The molecule has 0 saturated heterocycles. The molecule has 0 N–H and O–H groups in total. The Kier molecular flexibility index (Phi) is 3.65. The van der Waals surface area contributed by atoms with Gasteiger partial charge < -0.3 is 0 Å². The second-order valence-electron chi connectivity index (χ2n) is 3.44. The molecular formula is C14H12N2O. The number of anilines is 1. The van der Waals surface area contributed by atoms with Crippen molar-refractivity contribution in [3.63, 3.8) is 0 Å². The van der Waals surface area contributed by atoms with Gasteiger partial charge in [0, 0.05) is 0 Å². The minimum absolute atomic E-state index is 0.689. The Balaban J connectivity index is 2.16. The lowest BCUT2D eigenvalue weighted by Gasteiger charge is -2.09. The van der Waals surface area contributed by atoms with Crippen LogP contribution in [0.1, 0.15) is 5.56 Å². The molecule has 0 bridgehead atoms. The molecule has 2 aromatic rings. The van der Waals surface area contributed by atoms with Crippen molar-refractivity contribution in [2.24, 2.45) is 5.10 Å². The van der Waals surface area contributed by atoms with E-state index in [9.17, 15) is 4.79 Å². The Morgan fingerprint density at radius 1 is 0.882 bits per heavy atom. The third-order valence-corrected chi connectivity index (χ3v) is 2.25. The average molecular weight is 224 g/mol. The van der Waals surface area contributed by atoms with Crippen LogP contribution in [0, 0.1) is 0 Å². The van der Waals surface area contributed by atoms with Crippen molar-refractivity contribution in [3.8, 4) is 0 Å². The molecule has 1 amide bonds. The van der Waals surface area contributed by atoms with Gasteiger partial charge in [-0.2, -0.15) is 5.10 Å². The maximum Gasteiger partial charge on any atom is 0.234 e. The predicted octanol–water partition coefficient (Wildman–Crippen LogP) is 2.68. The number of hydrogen-bond donors (Lipinski definition) is 0. The number of carbonyl (C=O) groups excluding carboxylic acids is 1. The van der Waals surface area contributed by atoms with Gasteiger partial charge in [0.25, 0.3) is 0 Å². The molecular weight excluding hydrogens is 212 g/mol. The van der Waals surface area contributed by atoms with Crippen molar-refractivity contribution < 1.29 is 4.79 Å². The highest BCUT2D eigenvalue weighted by Crippen LogP contribution is 2.11. The van der Waals surface area contributed by atoms with Crippen LogP contribution in [0.15, 0.2) is 65.8 Å². The van der Waals surface area contributed by atoms with E-state index in [2.05, 4.69) is 5.10 Å². The predicted molar refractivity (Wildman–Crippen MR) is 69.0 cm³/mol. The summed E-state index contributed by atoms with van der Waals surface area (Å²) >= 11 is 0. The van der Waals surface area contributed by atoms with E-state index >= 15 is 0 Å². The van der Waals surface area contributed by atoms with Crippen molar-refractivity contribution >= 4 is 18.3 Å². The molecule has 0 aromatic heterocycles. The van der Waals surface area contributed by atoms with Gasteiger partial charge in [0.2, 0.25) is 6.41 Å². The molecule has 0 atom stereocenters. The molecule has 3 heteroatoms. The summed E-state index contributed by atoms with van der Waals surface area (Å²) in [6.45, 7) is 0. The molecule has 0 spiro atoms. The van der Waals surface area contributed by atoms with E-state index in [4.69, 9.17) is 0 Å². The lowest BCUT2D eigenvalue weighted by molar-refractivity contribution is -0.107. The average Bonchev–Trinajstić information content (AvgIpc) is 2.42. The maximum absolute atomic E-state index is 10.9. The highest BCUT2D eigenvalue weighted by atomic mass is 16.1. The molecule has 2 aromatic carbocycles. The normalized spacial score (nSPS) is 10.4. The molecule has 3 nitrogen and oxygen atoms in total. The van der Waals surface area contributed by atoms with Gasteiger partial charge in [0.05, 0.1) is 11.9 Å². The molecule has 0 aliphatic heterocycles. The zero-order chi connectivity index (χ0) is 11.9. The van der Waals surface area contributed by atoms with Crippen LogP contribution < -0.4 is 5.01 Å². The summed E-state index contributed by atoms with van der Waals surface area (Å²) in [6.07, 6.45) is 2.34. The molecule has 0 aliphatic carbocycles. The number of hydrazone groups is 1. The fourth-order valence-electron chi connectivity index (χ4n) is 1.40. The first-order chi connectivity index (χ1) is 8.40.